The third kappa shape index (κ3) is 86.2. The van der Waals surface area contributed by atoms with Crippen molar-refractivity contribution in [2.75, 3.05) is 0 Å². The predicted molar refractivity (Wildman–Crippen MR) is 20.4 cm³/mol. The smallest absolute Gasteiger partial charge is 1.00 e. The van der Waals surface area contributed by atoms with E-state index in [2.05, 4.69) is 0 Å². The maximum Gasteiger partial charge on any atom is 1.00 e. The molecule has 0 fully saturated rings. The van der Waals surface area contributed by atoms with Gasteiger partial charge in [0, 0.05) is 0 Å². The Hall–Kier alpha value is 1.71. The van der Waals surface area contributed by atoms with Gasteiger partial charge < -0.3 is 22.3 Å². The summed E-state index contributed by atoms with van der Waals surface area (Å²) in [6.45, 7) is 0. The summed E-state index contributed by atoms with van der Waals surface area (Å²) in [5.41, 5.74) is 0. The van der Waals surface area contributed by atoms with Crippen LogP contribution in [0.4, 0.5) is 0 Å². The summed E-state index contributed by atoms with van der Waals surface area (Å²) < 4.78 is 8.88. The Bertz CT molecular complexity index is 62.2. The average Bonchev–Trinajstić information content (AvgIpc) is 0.722. The van der Waals surface area contributed by atoms with Gasteiger partial charge >= 0.3 is 59.2 Å². The van der Waals surface area contributed by atoms with Crippen molar-refractivity contribution in [3.05, 3.63) is 0 Å². The van der Waals surface area contributed by atoms with Crippen LogP contribution in [0.15, 0.2) is 0 Å². The van der Waals surface area contributed by atoms with Crippen LogP contribution < -0.4 is 57.5 Å². The number of hydrogen-bond donors (Lipinski definition) is 4. The van der Waals surface area contributed by atoms with Crippen molar-refractivity contribution in [1.82, 2.24) is 6.15 Å². The fraction of sp³-hybridized carbons (Fsp3) is 0. The Morgan fingerprint density at radius 2 is 1.29 bits per heavy atom. The van der Waals surface area contributed by atoms with E-state index in [1.54, 1.807) is 0 Å². The molecule has 0 aliphatic carbocycles. The van der Waals surface area contributed by atoms with E-state index >= 15 is 0 Å². The largest absolute Gasteiger partial charge is 1.00 e. The van der Waals surface area contributed by atoms with Gasteiger partial charge in [0.25, 0.3) is 0 Å². The van der Waals surface area contributed by atoms with Gasteiger partial charge in [-0.1, -0.05) is 0 Å². The molecule has 0 aromatic rings. The molecule has 0 spiro atoms. The monoisotopic (exact) mass is 155 g/mol. The second-order valence-corrected chi connectivity index (χ2v) is 1.54. The average molecular weight is 155 g/mol. The molecule has 0 aliphatic rings. The molecule has 0 aromatic heterocycles. The fourth-order valence-electron chi connectivity index (χ4n) is 0. The summed E-state index contributed by atoms with van der Waals surface area (Å²) >= 11 is 0. The first-order valence-electron chi connectivity index (χ1n) is 0.783. The van der Waals surface area contributed by atoms with Crippen molar-refractivity contribution < 1.29 is 72.1 Å². The van der Waals surface area contributed by atoms with Gasteiger partial charge in [-0.25, -0.2) is 4.57 Å². The quantitative estimate of drug-likeness (QED) is 0.213. The van der Waals surface area contributed by atoms with Crippen LogP contribution in [-0.4, -0.2) is 14.7 Å². The topological polar surface area (TPSA) is 113 Å². The van der Waals surface area contributed by atoms with E-state index in [9.17, 15) is 0 Å². The summed E-state index contributed by atoms with van der Waals surface area (Å²) in [5.74, 6) is 0. The molecule has 0 unspecified atom stereocenters. The maximum absolute atomic E-state index is 8.88. The molecule has 0 amide bonds. The minimum absolute atomic E-state index is 0. The molecular formula is H7KNO4P. The van der Waals surface area contributed by atoms with Gasteiger partial charge in [-0.05, 0) is 0 Å². The van der Waals surface area contributed by atoms with Crippen molar-refractivity contribution in [3.63, 3.8) is 0 Å². The van der Waals surface area contributed by atoms with Crippen LogP contribution >= 0.6 is 7.82 Å². The molecule has 0 atom stereocenters. The van der Waals surface area contributed by atoms with Crippen LogP contribution in [0.5, 0.6) is 0 Å². The zero-order valence-corrected chi connectivity index (χ0v) is 7.92. The van der Waals surface area contributed by atoms with Gasteiger partial charge in [-0.2, -0.15) is 0 Å². The Labute approximate surface area is 84.8 Å². The molecule has 7 heteroatoms. The first-order chi connectivity index (χ1) is 2.00. The molecule has 0 radical (unpaired) electrons. The van der Waals surface area contributed by atoms with Gasteiger partial charge in [0.15, 0.2) is 0 Å². The molecule has 6 N–H and O–H groups in total. The van der Waals surface area contributed by atoms with Gasteiger partial charge in [-0.3, -0.25) is 0 Å². The zero-order chi connectivity index (χ0) is 4.50. The molecule has 0 saturated carbocycles. The first kappa shape index (κ1) is 15.9. The van der Waals surface area contributed by atoms with Gasteiger partial charge in [-0.15, -0.1) is 0 Å². The Balaban J connectivity index is -0.0000000267. The van der Waals surface area contributed by atoms with Crippen LogP contribution in [0.1, 0.15) is 1.43 Å². The van der Waals surface area contributed by atoms with Crippen LogP contribution in [0, 0.1) is 0 Å². The van der Waals surface area contributed by atoms with Crippen LogP contribution in [-0.2, 0) is 4.57 Å². The minimum Gasteiger partial charge on any atom is -1.00 e. The van der Waals surface area contributed by atoms with Gasteiger partial charge in [0.1, 0.15) is 0 Å². The molecule has 0 aliphatic heterocycles. The Kier molecular flexibility index (Phi) is 13.2. The number of rotatable bonds is 0. The third-order valence-electron chi connectivity index (χ3n) is 0. The van der Waals surface area contributed by atoms with E-state index in [0.717, 1.165) is 0 Å². The second kappa shape index (κ2) is 5.84. The predicted octanol–water partition coefficient (Wildman–Crippen LogP) is -3.65. The van der Waals surface area contributed by atoms with E-state index < -0.39 is 7.82 Å². The fourth-order valence-corrected chi connectivity index (χ4v) is 0. The summed E-state index contributed by atoms with van der Waals surface area (Å²) in [6.07, 6.45) is 0. The van der Waals surface area contributed by atoms with Crippen LogP contribution in [0.2, 0.25) is 0 Å². The first-order valence-corrected chi connectivity index (χ1v) is 2.35. The van der Waals surface area contributed by atoms with Crippen molar-refractivity contribution in [2.45, 2.75) is 0 Å². The van der Waals surface area contributed by atoms with Crippen LogP contribution in [0.3, 0.4) is 0 Å². The SMILES string of the molecule is N.O=P(O)(O)O.[H-].[K+]. The molecule has 0 saturated heterocycles. The maximum atomic E-state index is 8.88. The summed E-state index contributed by atoms with van der Waals surface area (Å²) in [6, 6.07) is 0. The molecule has 0 bridgehead atoms. The van der Waals surface area contributed by atoms with E-state index in [4.69, 9.17) is 19.2 Å². The van der Waals surface area contributed by atoms with E-state index in [1.807, 2.05) is 0 Å². The number of phosphoric acid groups is 1. The molecule has 7 heavy (non-hydrogen) atoms. The van der Waals surface area contributed by atoms with Crippen molar-refractivity contribution in [2.24, 2.45) is 0 Å². The second-order valence-electron chi connectivity index (χ2n) is 0.513. The molecule has 0 heterocycles. The Morgan fingerprint density at radius 3 is 1.29 bits per heavy atom. The molecule has 0 aromatic carbocycles. The third-order valence-corrected chi connectivity index (χ3v) is 0. The molecule has 0 rings (SSSR count). The summed E-state index contributed by atoms with van der Waals surface area (Å²) in [4.78, 5) is 21.6. The van der Waals surface area contributed by atoms with Gasteiger partial charge in [0.05, 0.1) is 0 Å². The van der Waals surface area contributed by atoms with Crippen LogP contribution in [0.25, 0.3) is 0 Å². The molecule has 42 valence electrons. The van der Waals surface area contributed by atoms with Gasteiger partial charge in [0.2, 0.25) is 0 Å². The zero-order valence-electron chi connectivity index (χ0n) is 4.90. The van der Waals surface area contributed by atoms with E-state index in [0.29, 0.717) is 0 Å². The van der Waals surface area contributed by atoms with E-state index in [1.165, 1.54) is 0 Å². The standard InChI is InChI=1S/K.H3N.H3O4P.H/c;;1-5(2,3)4;/h;1H3;(H3,1,2,3,4);/q+1;;;-1. The minimum atomic E-state index is -4.64. The van der Waals surface area contributed by atoms with Crippen molar-refractivity contribution >= 4 is 7.82 Å². The van der Waals surface area contributed by atoms with Crippen molar-refractivity contribution in [1.29, 1.82) is 0 Å². The Morgan fingerprint density at radius 1 is 1.29 bits per heavy atom. The summed E-state index contributed by atoms with van der Waals surface area (Å²) in [5, 5.41) is 0. The molecular weight excluding hydrogens is 148 g/mol. The normalized spacial score (nSPS) is 8.43. The molecule has 5 nitrogen and oxygen atoms in total. The van der Waals surface area contributed by atoms with Crippen molar-refractivity contribution in [3.8, 4) is 0 Å². The summed E-state index contributed by atoms with van der Waals surface area (Å²) in [7, 11) is -4.64. The van der Waals surface area contributed by atoms with E-state index in [-0.39, 0.29) is 59.0 Å². The number of hydrogen-bond acceptors (Lipinski definition) is 2.